The van der Waals surface area contributed by atoms with Crippen LogP contribution in [0.25, 0.3) is 5.69 Å². The zero-order valence-electron chi connectivity index (χ0n) is 24.6. The maximum absolute atomic E-state index is 12.9. The maximum atomic E-state index is 12.9. The fourth-order valence-electron chi connectivity index (χ4n) is 5.66. The molecular weight excluding hydrogens is 544 g/mol. The van der Waals surface area contributed by atoms with Crippen LogP contribution >= 0.6 is 12.4 Å². The zero-order chi connectivity index (χ0) is 29.0. The smallest absolute Gasteiger partial charge is 0.337 e. The van der Waals surface area contributed by atoms with Gasteiger partial charge in [0.05, 0.1) is 11.2 Å². The number of amides is 3. The van der Waals surface area contributed by atoms with Gasteiger partial charge in [-0.1, -0.05) is 19.1 Å². The Kier molecular flexibility index (Phi) is 10.9. The highest BCUT2D eigenvalue weighted by Crippen LogP contribution is 2.24. The van der Waals surface area contributed by atoms with E-state index in [2.05, 4.69) is 22.1 Å². The third kappa shape index (κ3) is 8.06. The Labute approximate surface area is 248 Å². The quantitative estimate of drug-likeness (QED) is 0.451. The molecule has 5 N–H and O–H groups in total. The summed E-state index contributed by atoms with van der Waals surface area (Å²) in [7, 11) is 0. The van der Waals surface area contributed by atoms with Crippen molar-refractivity contribution in [3.8, 4) is 5.69 Å². The number of rotatable bonds is 7. The molecule has 2 aromatic rings. The number of hydrogen-bond acceptors (Lipinski definition) is 7. The van der Waals surface area contributed by atoms with Crippen molar-refractivity contribution >= 4 is 30.2 Å². The Morgan fingerprint density at radius 2 is 1.76 bits per heavy atom. The lowest BCUT2D eigenvalue weighted by atomic mass is 9.90. The summed E-state index contributed by atoms with van der Waals surface area (Å²) in [6, 6.07) is 9.88. The molecule has 2 fully saturated rings. The topological polar surface area (TPSA) is 143 Å². The molecule has 2 heterocycles. The van der Waals surface area contributed by atoms with E-state index in [-0.39, 0.29) is 36.2 Å². The fourth-order valence-corrected chi connectivity index (χ4v) is 5.66. The molecule has 1 aliphatic heterocycles. The van der Waals surface area contributed by atoms with Gasteiger partial charge in [-0.05, 0) is 76.8 Å². The average Bonchev–Trinajstić information content (AvgIpc) is 2.92. The highest BCUT2D eigenvalue weighted by molar-refractivity contribution is 5.89. The van der Waals surface area contributed by atoms with Crippen molar-refractivity contribution in [1.29, 1.82) is 0 Å². The van der Waals surface area contributed by atoms with Crippen LogP contribution in [0, 0.1) is 0 Å². The molecule has 1 aliphatic carbocycles. The van der Waals surface area contributed by atoms with Gasteiger partial charge < -0.3 is 21.3 Å². The fraction of sp³-hybridized carbons (Fsp3) is 0.586. The second-order valence-electron chi connectivity index (χ2n) is 11.7. The van der Waals surface area contributed by atoms with Crippen molar-refractivity contribution in [2.75, 3.05) is 31.5 Å². The van der Waals surface area contributed by atoms with Crippen LogP contribution in [0.4, 0.5) is 10.6 Å². The van der Waals surface area contributed by atoms with Gasteiger partial charge in [-0.25, -0.2) is 9.59 Å². The molecule has 226 valence electrons. The number of aromatic nitrogens is 2. The van der Waals surface area contributed by atoms with Crippen molar-refractivity contribution in [2.24, 2.45) is 11.5 Å². The van der Waals surface area contributed by atoms with E-state index in [0.29, 0.717) is 37.4 Å². The number of benzene rings is 1. The van der Waals surface area contributed by atoms with Crippen molar-refractivity contribution in [3.63, 3.8) is 0 Å². The molecule has 0 radical (unpaired) electrons. The number of hydrogen-bond donors (Lipinski definition) is 3. The van der Waals surface area contributed by atoms with Gasteiger partial charge in [-0.2, -0.15) is 4.98 Å². The molecule has 2 aliphatic rings. The minimum atomic E-state index is -0.960. The highest BCUT2D eigenvalue weighted by Gasteiger charge is 2.34. The van der Waals surface area contributed by atoms with Crippen molar-refractivity contribution in [2.45, 2.75) is 83.6 Å². The molecule has 1 aromatic heterocycles. The summed E-state index contributed by atoms with van der Waals surface area (Å²) in [6.07, 6.45) is 6.05. The predicted octanol–water partition coefficient (Wildman–Crippen LogP) is 2.55. The first-order chi connectivity index (χ1) is 19.0. The highest BCUT2D eigenvalue weighted by atomic mass is 35.5. The predicted molar refractivity (Wildman–Crippen MR) is 163 cm³/mol. The van der Waals surface area contributed by atoms with Crippen LogP contribution in [-0.2, 0) is 11.3 Å². The lowest BCUT2D eigenvalue weighted by molar-refractivity contribution is -0.138. The summed E-state index contributed by atoms with van der Waals surface area (Å²) in [6.45, 7) is 10.4. The van der Waals surface area contributed by atoms with E-state index in [4.69, 9.17) is 11.5 Å². The first kappa shape index (κ1) is 32.5. The van der Waals surface area contributed by atoms with E-state index >= 15 is 0 Å². The molecule has 12 heteroatoms. The molecule has 4 rings (SSSR count). The van der Waals surface area contributed by atoms with Gasteiger partial charge in [-0.15, -0.1) is 12.4 Å². The number of nitrogens with one attached hydrogen (secondary N) is 1. The number of anilines is 1. The third-order valence-corrected chi connectivity index (χ3v) is 8.03. The van der Waals surface area contributed by atoms with E-state index < -0.39 is 11.2 Å². The first-order valence-corrected chi connectivity index (χ1v) is 14.3. The largest absolute Gasteiger partial charge is 0.354 e. The zero-order valence-corrected chi connectivity index (χ0v) is 25.4. The third-order valence-electron chi connectivity index (χ3n) is 8.03. The Bertz CT molecular complexity index is 1240. The van der Waals surface area contributed by atoms with E-state index in [1.54, 1.807) is 35.9 Å². The minimum absolute atomic E-state index is 0. The van der Waals surface area contributed by atoms with E-state index in [0.717, 1.165) is 38.8 Å². The van der Waals surface area contributed by atoms with Crippen LogP contribution < -0.4 is 22.5 Å². The summed E-state index contributed by atoms with van der Waals surface area (Å²) in [5.74, 6) is 0.0392. The Morgan fingerprint density at radius 3 is 2.32 bits per heavy atom. The van der Waals surface area contributed by atoms with Crippen LogP contribution in [0.15, 0.2) is 41.3 Å². The van der Waals surface area contributed by atoms with E-state index in [1.807, 2.05) is 31.2 Å². The monoisotopic (exact) mass is 588 g/mol. The van der Waals surface area contributed by atoms with Gasteiger partial charge in [0, 0.05) is 50.5 Å². The van der Waals surface area contributed by atoms with Crippen LogP contribution in [0.2, 0.25) is 0 Å². The average molecular weight is 589 g/mol. The van der Waals surface area contributed by atoms with E-state index in [1.165, 1.54) is 10.1 Å². The molecule has 41 heavy (non-hydrogen) atoms. The number of carbonyl (C=O) groups excluding carboxylic acids is 2. The minimum Gasteiger partial charge on any atom is -0.337 e. The molecule has 11 nitrogen and oxygen atoms in total. The van der Waals surface area contributed by atoms with Crippen molar-refractivity contribution in [1.82, 2.24) is 24.3 Å². The molecule has 1 saturated carbocycles. The van der Waals surface area contributed by atoms with Gasteiger partial charge in [0.2, 0.25) is 5.91 Å². The van der Waals surface area contributed by atoms with Crippen molar-refractivity contribution < 1.29 is 9.59 Å². The normalized spacial score (nSPS) is 21.4. The van der Waals surface area contributed by atoms with Gasteiger partial charge in [0.15, 0.2) is 0 Å². The van der Waals surface area contributed by atoms with Crippen LogP contribution in [-0.4, -0.2) is 86.0 Å². The molecule has 1 aromatic carbocycles. The summed E-state index contributed by atoms with van der Waals surface area (Å²) in [5.41, 5.74) is 12.5. The van der Waals surface area contributed by atoms with Gasteiger partial charge >= 0.3 is 11.7 Å². The lowest BCUT2D eigenvalue weighted by Crippen LogP contribution is -2.61. The molecule has 0 bridgehead atoms. The van der Waals surface area contributed by atoms with E-state index in [9.17, 15) is 14.4 Å². The summed E-state index contributed by atoms with van der Waals surface area (Å²) in [5, 5.41) is 2.73. The number of urea groups is 1. The Hall–Kier alpha value is -2.99. The summed E-state index contributed by atoms with van der Waals surface area (Å²) >= 11 is 0. The second-order valence-corrected chi connectivity index (χ2v) is 11.7. The van der Waals surface area contributed by atoms with Crippen molar-refractivity contribution in [3.05, 3.63) is 52.6 Å². The Balaban J connectivity index is 0.00000462. The van der Waals surface area contributed by atoms with Crippen LogP contribution in [0.3, 0.4) is 0 Å². The number of nitrogens with two attached hydrogens (primary N) is 2. The van der Waals surface area contributed by atoms with Crippen LogP contribution in [0.1, 0.15) is 58.9 Å². The SMILES string of the molecule is CCN(Cc1ccc(-n2ccc(NC(=O)N3CCN(C(=O)C(C)(C)N)C[C@H]3C)nc2=O)cc1)[C@H]1CC[C@H](N)CC1.Cl. The molecule has 3 amide bonds. The maximum Gasteiger partial charge on any atom is 0.354 e. The van der Waals surface area contributed by atoms with Gasteiger partial charge in [0.1, 0.15) is 5.82 Å². The lowest BCUT2D eigenvalue weighted by Gasteiger charge is -2.41. The van der Waals surface area contributed by atoms with Gasteiger partial charge in [0.25, 0.3) is 0 Å². The molecule has 1 atom stereocenters. The molecule has 1 saturated heterocycles. The first-order valence-electron chi connectivity index (χ1n) is 14.3. The second kappa shape index (κ2) is 13.8. The summed E-state index contributed by atoms with van der Waals surface area (Å²) < 4.78 is 1.46. The molecular formula is C29H45ClN8O3. The van der Waals surface area contributed by atoms with Crippen LogP contribution in [0.5, 0.6) is 0 Å². The standard InChI is InChI=1S/C29H44N8O3.ClH/c1-5-34(23-12-8-22(30)9-13-23)19-21-6-10-24(11-7-21)37-15-14-25(33-28(37)40)32-27(39)36-17-16-35(18-20(36)2)26(38)29(3,4)31;/h6-7,10-11,14-15,20,22-23H,5,8-9,12-13,16-19,30-31H2,1-4H3,(H,32,33,39,40);1H/t20-,22-,23-;/m1./s1. The number of piperazine rings is 1. The number of halogens is 1. The summed E-state index contributed by atoms with van der Waals surface area (Å²) in [4.78, 5) is 48.2. The molecule has 0 spiro atoms. The van der Waals surface area contributed by atoms with Gasteiger partial charge in [-0.3, -0.25) is 19.6 Å². The number of nitrogens with zero attached hydrogens (tertiary/aromatic N) is 5. The molecule has 0 unspecified atom stereocenters. The number of carbonyl (C=O) groups is 2. The Morgan fingerprint density at radius 1 is 1.10 bits per heavy atom.